The number of aliphatic imine (C=N–C) groups is 1. The van der Waals surface area contributed by atoms with Crippen molar-refractivity contribution in [1.82, 2.24) is 15.1 Å². The summed E-state index contributed by atoms with van der Waals surface area (Å²) in [6.45, 7) is 6.66. The number of likely N-dealkylation sites (tertiary alicyclic amines) is 1. The predicted octanol–water partition coefficient (Wildman–Crippen LogP) is 1.55. The Morgan fingerprint density at radius 2 is 1.81 bits per heavy atom. The average Bonchev–Trinajstić information content (AvgIpc) is 2.86. The van der Waals surface area contributed by atoms with Crippen molar-refractivity contribution in [2.75, 3.05) is 33.7 Å². The minimum Gasteiger partial charge on any atom is -0.354 e. The van der Waals surface area contributed by atoms with E-state index in [4.69, 9.17) is 0 Å². The SMILES string of the molecule is CC(C)NC(=NCC(=O)N(C)C)N1CC2CCCCC2C1. The van der Waals surface area contributed by atoms with Gasteiger partial charge in [-0.25, -0.2) is 4.99 Å². The summed E-state index contributed by atoms with van der Waals surface area (Å²) in [5, 5.41) is 3.43. The zero-order valence-electron chi connectivity index (χ0n) is 13.9. The summed E-state index contributed by atoms with van der Waals surface area (Å²) < 4.78 is 0. The number of hydrogen-bond acceptors (Lipinski definition) is 2. The molecule has 1 N–H and O–H groups in total. The molecule has 1 amide bonds. The lowest BCUT2D eigenvalue weighted by Crippen LogP contribution is -2.44. The van der Waals surface area contributed by atoms with Gasteiger partial charge in [-0.2, -0.15) is 0 Å². The molecule has 0 spiro atoms. The fourth-order valence-electron chi connectivity index (χ4n) is 3.36. The summed E-state index contributed by atoms with van der Waals surface area (Å²) in [7, 11) is 3.55. The van der Waals surface area contributed by atoms with Crippen molar-refractivity contribution in [3.63, 3.8) is 0 Å². The van der Waals surface area contributed by atoms with Crippen molar-refractivity contribution in [1.29, 1.82) is 0 Å². The number of hydrogen-bond donors (Lipinski definition) is 1. The Hall–Kier alpha value is -1.26. The summed E-state index contributed by atoms with van der Waals surface area (Å²) in [6, 6.07) is 0.334. The van der Waals surface area contributed by atoms with Crippen molar-refractivity contribution in [2.45, 2.75) is 45.6 Å². The Morgan fingerprint density at radius 1 is 1.24 bits per heavy atom. The number of amides is 1. The molecule has 0 aromatic rings. The van der Waals surface area contributed by atoms with Crippen LogP contribution in [0.1, 0.15) is 39.5 Å². The fraction of sp³-hybridized carbons (Fsp3) is 0.875. The Kier molecular flexibility index (Phi) is 5.48. The van der Waals surface area contributed by atoms with Gasteiger partial charge in [0.2, 0.25) is 5.91 Å². The summed E-state index contributed by atoms with van der Waals surface area (Å²) in [6.07, 6.45) is 5.45. The van der Waals surface area contributed by atoms with E-state index in [0.29, 0.717) is 6.04 Å². The van der Waals surface area contributed by atoms with E-state index in [-0.39, 0.29) is 12.5 Å². The molecule has 0 bridgehead atoms. The fourth-order valence-corrected chi connectivity index (χ4v) is 3.36. The van der Waals surface area contributed by atoms with E-state index < -0.39 is 0 Å². The van der Waals surface area contributed by atoms with Crippen LogP contribution in [0.3, 0.4) is 0 Å². The van der Waals surface area contributed by atoms with E-state index >= 15 is 0 Å². The first-order valence-electron chi connectivity index (χ1n) is 8.23. The molecule has 5 heteroatoms. The lowest BCUT2D eigenvalue weighted by molar-refractivity contribution is -0.127. The molecule has 5 nitrogen and oxygen atoms in total. The maximum Gasteiger partial charge on any atom is 0.243 e. The number of likely N-dealkylation sites (N-methyl/N-ethyl adjacent to an activating group) is 1. The normalized spacial score (nSPS) is 26.0. The lowest BCUT2D eigenvalue weighted by Gasteiger charge is -2.24. The van der Waals surface area contributed by atoms with E-state index in [1.165, 1.54) is 25.7 Å². The van der Waals surface area contributed by atoms with Crippen LogP contribution in [0.15, 0.2) is 4.99 Å². The van der Waals surface area contributed by atoms with Gasteiger partial charge >= 0.3 is 0 Å². The number of guanidine groups is 1. The average molecular weight is 294 g/mol. The molecule has 1 aliphatic carbocycles. The van der Waals surface area contributed by atoms with Gasteiger partial charge in [-0.3, -0.25) is 4.79 Å². The van der Waals surface area contributed by atoms with Crippen LogP contribution in [-0.2, 0) is 4.79 Å². The molecule has 2 fully saturated rings. The van der Waals surface area contributed by atoms with Crippen LogP contribution in [0, 0.1) is 11.8 Å². The second-order valence-electron chi connectivity index (χ2n) is 6.94. The third-order valence-corrected chi connectivity index (χ3v) is 4.56. The van der Waals surface area contributed by atoms with Gasteiger partial charge in [0.25, 0.3) is 0 Å². The van der Waals surface area contributed by atoms with Gasteiger partial charge < -0.3 is 15.1 Å². The van der Waals surface area contributed by atoms with Gasteiger partial charge in [-0.05, 0) is 38.5 Å². The quantitative estimate of drug-likeness (QED) is 0.634. The van der Waals surface area contributed by atoms with E-state index in [2.05, 4.69) is 29.1 Å². The van der Waals surface area contributed by atoms with Crippen LogP contribution >= 0.6 is 0 Å². The van der Waals surface area contributed by atoms with E-state index in [0.717, 1.165) is 30.9 Å². The van der Waals surface area contributed by atoms with Gasteiger partial charge in [-0.1, -0.05) is 12.8 Å². The van der Waals surface area contributed by atoms with Gasteiger partial charge in [0.05, 0.1) is 0 Å². The standard InChI is InChI=1S/C16H30N4O/c1-12(2)18-16(17-9-15(21)19(3)4)20-10-13-7-5-6-8-14(13)11-20/h12-14H,5-11H2,1-4H3,(H,17,18). The number of nitrogens with one attached hydrogen (secondary N) is 1. The molecular weight excluding hydrogens is 264 g/mol. The Labute approximate surface area is 128 Å². The third-order valence-electron chi connectivity index (χ3n) is 4.56. The molecule has 21 heavy (non-hydrogen) atoms. The monoisotopic (exact) mass is 294 g/mol. The number of nitrogens with zero attached hydrogens (tertiary/aromatic N) is 3. The van der Waals surface area contributed by atoms with Crippen molar-refractivity contribution in [3.8, 4) is 0 Å². The van der Waals surface area contributed by atoms with E-state index in [9.17, 15) is 4.79 Å². The molecular formula is C16H30N4O. The molecule has 2 atom stereocenters. The van der Waals surface area contributed by atoms with Crippen LogP contribution in [0.25, 0.3) is 0 Å². The maximum atomic E-state index is 11.8. The Bertz CT molecular complexity index is 378. The van der Waals surface area contributed by atoms with Crippen LogP contribution in [0.2, 0.25) is 0 Å². The first kappa shape index (κ1) is 16.1. The summed E-state index contributed by atoms with van der Waals surface area (Å²) in [5.41, 5.74) is 0. The van der Waals surface area contributed by atoms with E-state index in [1.54, 1.807) is 19.0 Å². The van der Waals surface area contributed by atoms with Gasteiger partial charge in [-0.15, -0.1) is 0 Å². The predicted molar refractivity (Wildman–Crippen MR) is 86.3 cm³/mol. The minimum atomic E-state index is 0.0506. The molecule has 120 valence electrons. The van der Waals surface area contributed by atoms with Gasteiger partial charge in [0.15, 0.2) is 5.96 Å². The Balaban J connectivity index is 2.02. The van der Waals surface area contributed by atoms with E-state index in [1.807, 2.05) is 0 Å². The van der Waals surface area contributed by atoms with Crippen molar-refractivity contribution in [3.05, 3.63) is 0 Å². The molecule has 2 unspecified atom stereocenters. The molecule has 1 saturated heterocycles. The highest BCUT2D eigenvalue weighted by atomic mass is 16.2. The van der Waals surface area contributed by atoms with Crippen LogP contribution in [-0.4, -0.2) is 61.4 Å². The number of fused-ring (bicyclic) bond motifs is 1. The second-order valence-corrected chi connectivity index (χ2v) is 6.94. The largest absolute Gasteiger partial charge is 0.354 e. The van der Waals surface area contributed by atoms with Gasteiger partial charge in [0.1, 0.15) is 6.54 Å². The highest BCUT2D eigenvalue weighted by Crippen LogP contribution is 2.35. The number of rotatable bonds is 3. The molecule has 1 saturated carbocycles. The van der Waals surface area contributed by atoms with Crippen LogP contribution < -0.4 is 5.32 Å². The summed E-state index contributed by atoms with van der Waals surface area (Å²) >= 11 is 0. The second kappa shape index (κ2) is 7.14. The van der Waals surface area contributed by atoms with Crippen LogP contribution in [0.5, 0.6) is 0 Å². The zero-order chi connectivity index (χ0) is 15.4. The van der Waals surface area contributed by atoms with Crippen LogP contribution in [0.4, 0.5) is 0 Å². The summed E-state index contributed by atoms with van der Waals surface area (Å²) in [5.74, 6) is 2.61. The molecule has 2 aliphatic rings. The highest BCUT2D eigenvalue weighted by Gasteiger charge is 2.35. The Morgan fingerprint density at radius 3 is 2.29 bits per heavy atom. The number of carbonyl (C=O) groups is 1. The lowest BCUT2D eigenvalue weighted by atomic mass is 9.82. The molecule has 1 heterocycles. The first-order chi connectivity index (χ1) is 9.97. The maximum absolute atomic E-state index is 11.8. The highest BCUT2D eigenvalue weighted by molar-refractivity contribution is 5.85. The molecule has 2 rings (SSSR count). The molecule has 0 aromatic carbocycles. The summed E-state index contributed by atoms with van der Waals surface area (Å²) in [4.78, 5) is 20.3. The third kappa shape index (κ3) is 4.35. The topological polar surface area (TPSA) is 47.9 Å². The van der Waals surface area contributed by atoms with Gasteiger partial charge in [0, 0.05) is 33.2 Å². The van der Waals surface area contributed by atoms with Crippen molar-refractivity contribution in [2.24, 2.45) is 16.8 Å². The smallest absolute Gasteiger partial charge is 0.243 e. The molecule has 0 radical (unpaired) electrons. The minimum absolute atomic E-state index is 0.0506. The van der Waals surface area contributed by atoms with Crippen molar-refractivity contribution >= 4 is 11.9 Å². The number of carbonyl (C=O) groups excluding carboxylic acids is 1. The first-order valence-corrected chi connectivity index (χ1v) is 8.23. The van der Waals surface area contributed by atoms with Crippen molar-refractivity contribution < 1.29 is 4.79 Å². The molecule has 1 aliphatic heterocycles. The zero-order valence-corrected chi connectivity index (χ0v) is 13.9. The molecule has 0 aromatic heterocycles.